The highest BCUT2D eigenvalue weighted by atomic mass is 16.9. The molecule has 0 atom stereocenters. The molecule has 0 fully saturated rings. The minimum atomic E-state index is -1.50. The van der Waals surface area contributed by atoms with Crippen LogP contribution in [0.4, 0.5) is 0 Å². The Kier molecular flexibility index (Phi) is 7.24. The zero-order valence-corrected chi connectivity index (χ0v) is 20.6. The summed E-state index contributed by atoms with van der Waals surface area (Å²) in [5.74, 6) is 0. The molecule has 0 aliphatic carbocycles. The molecule has 0 spiro atoms. The van der Waals surface area contributed by atoms with Crippen molar-refractivity contribution < 1.29 is 29.7 Å². The topological polar surface area (TPSA) is 134 Å². The molecular weight excluding hydrogens is 488 g/mol. The van der Waals surface area contributed by atoms with Crippen molar-refractivity contribution in [1.29, 1.82) is 0 Å². The minimum Gasteiger partial charge on any atom is -0.328 e. The van der Waals surface area contributed by atoms with Crippen molar-refractivity contribution >= 4 is 43.6 Å². The van der Waals surface area contributed by atoms with Gasteiger partial charge in [0, 0.05) is 35.4 Å². The van der Waals surface area contributed by atoms with Gasteiger partial charge in [0.2, 0.25) is 22.1 Å². The van der Waals surface area contributed by atoms with Gasteiger partial charge < -0.3 is 10.4 Å². The number of pyridine rings is 2. The molecule has 0 aliphatic heterocycles. The number of hydrogen-bond donors (Lipinski definition) is 2. The summed E-state index contributed by atoms with van der Waals surface area (Å²) < 4.78 is 4.61. The quantitative estimate of drug-likeness (QED) is 0.139. The molecule has 4 aromatic carbocycles. The van der Waals surface area contributed by atoms with Crippen molar-refractivity contribution in [2.24, 2.45) is 14.1 Å². The number of fused-ring (bicyclic) bond motifs is 4. The second-order valence-electron chi connectivity index (χ2n) is 8.41. The Labute approximate surface area is 216 Å². The van der Waals surface area contributed by atoms with Gasteiger partial charge in [-0.1, -0.05) is 48.5 Å². The third kappa shape index (κ3) is 4.82. The van der Waals surface area contributed by atoms with Crippen LogP contribution in [0.1, 0.15) is 0 Å². The Morgan fingerprint density at radius 2 is 0.684 bits per heavy atom. The van der Waals surface area contributed by atoms with Crippen molar-refractivity contribution in [1.82, 2.24) is 0 Å². The summed E-state index contributed by atoms with van der Waals surface area (Å²) in [6.07, 6.45) is 0. The molecule has 0 saturated heterocycles. The second-order valence-corrected chi connectivity index (χ2v) is 8.41. The zero-order chi connectivity index (χ0) is 27.4. The Bertz CT molecular complexity index is 1580. The smallest absolute Gasteiger partial charge is 0.291 e. The summed E-state index contributed by atoms with van der Waals surface area (Å²) in [4.78, 5) is 16.7. The third-order valence-corrected chi connectivity index (χ3v) is 6.39. The van der Waals surface area contributed by atoms with E-state index in [1.54, 1.807) is 0 Å². The van der Waals surface area contributed by atoms with Crippen molar-refractivity contribution in [2.45, 2.75) is 0 Å². The molecule has 0 saturated carbocycles. The Morgan fingerprint density at radius 1 is 0.500 bits per heavy atom. The maximum absolute atomic E-state index is 8.36. The van der Waals surface area contributed by atoms with Gasteiger partial charge in [-0.3, -0.25) is 0 Å². The molecular formula is C28H24N4O6+2. The first-order valence-corrected chi connectivity index (χ1v) is 11.5. The number of rotatable bonds is 1. The second kappa shape index (κ2) is 10.7. The number of benzene rings is 4. The Hall–Kier alpha value is -5.38. The lowest BCUT2D eigenvalue weighted by Gasteiger charge is -2.14. The number of para-hydroxylation sites is 4. The summed E-state index contributed by atoms with van der Waals surface area (Å²) in [5, 5.41) is 32.4. The predicted molar refractivity (Wildman–Crippen MR) is 142 cm³/mol. The largest absolute Gasteiger partial charge is 0.328 e. The van der Waals surface area contributed by atoms with Crippen molar-refractivity contribution in [3.8, 4) is 11.1 Å². The molecule has 10 heteroatoms. The van der Waals surface area contributed by atoms with Gasteiger partial charge in [-0.15, -0.1) is 20.2 Å². The molecule has 2 aromatic heterocycles. The highest BCUT2D eigenvalue weighted by Gasteiger charge is 2.24. The van der Waals surface area contributed by atoms with Crippen LogP contribution in [0.3, 0.4) is 0 Å². The molecule has 10 nitrogen and oxygen atoms in total. The molecule has 2 heterocycles. The first kappa shape index (κ1) is 25.7. The van der Waals surface area contributed by atoms with E-state index in [9.17, 15) is 0 Å². The van der Waals surface area contributed by atoms with E-state index in [1.807, 2.05) is 0 Å². The van der Waals surface area contributed by atoms with Crippen LogP contribution in [0.5, 0.6) is 0 Å². The van der Waals surface area contributed by atoms with Gasteiger partial charge in [0.05, 0.1) is 21.5 Å². The normalized spacial score (nSPS) is 10.5. The highest BCUT2D eigenvalue weighted by Crippen LogP contribution is 2.40. The van der Waals surface area contributed by atoms with Crippen molar-refractivity contribution in [2.75, 3.05) is 0 Å². The fourth-order valence-electron chi connectivity index (χ4n) is 5.00. The van der Waals surface area contributed by atoms with E-state index < -0.39 is 10.2 Å². The predicted octanol–water partition coefficient (Wildman–Crippen LogP) is 4.92. The average molecular weight is 513 g/mol. The molecule has 0 unspecified atom stereocenters. The molecule has 190 valence electrons. The lowest BCUT2D eigenvalue weighted by molar-refractivity contribution is -0.742. The lowest BCUT2D eigenvalue weighted by atomic mass is 9.90. The fraction of sp³-hybridized carbons (Fsp3) is 0.0714. The standard InChI is InChI=1S/C28H22N2.2HNO3/c1-29-23-15-7-3-11-19(23)27(20-12-4-8-16-24(20)29)28-21-13-5-9-17-25(21)30(2)26-18-10-6-14-22(26)28;2*2-1(3)4/h3-18H,1-2H3;2*(H,2,3,4)/q+2;;. The van der Waals surface area contributed by atoms with Crippen LogP contribution in [-0.2, 0) is 14.1 Å². The molecule has 0 amide bonds. The summed E-state index contributed by atoms with van der Waals surface area (Å²) >= 11 is 0. The van der Waals surface area contributed by atoms with Gasteiger partial charge in [-0.25, -0.2) is 0 Å². The number of aromatic nitrogens is 2. The minimum absolute atomic E-state index is 1.24. The molecule has 2 N–H and O–H groups in total. The summed E-state index contributed by atoms with van der Waals surface area (Å²) in [5.41, 5.74) is 7.60. The molecule has 0 aliphatic rings. The van der Waals surface area contributed by atoms with E-state index in [2.05, 4.69) is 120 Å². The highest BCUT2D eigenvalue weighted by molar-refractivity contribution is 6.18. The van der Waals surface area contributed by atoms with Crippen LogP contribution >= 0.6 is 0 Å². The number of aryl methyl sites for hydroxylation is 2. The third-order valence-electron chi connectivity index (χ3n) is 6.39. The first-order valence-electron chi connectivity index (χ1n) is 11.5. The Balaban J connectivity index is 0.000000373. The van der Waals surface area contributed by atoms with Gasteiger partial charge in [-0.05, 0) is 24.3 Å². The summed E-state index contributed by atoms with van der Waals surface area (Å²) in [6, 6.07) is 35.0. The Morgan fingerprint density at radius 3 is 0.895 bits per heavy atom. The summed E-state index contributed by atoms with van der Waals surface area (Å²) in [7, 11) is 4.32. The van der Waals surface area contributed by atoms with Gasteiger partial charge >= 0.3 is 0 Å². The van der Waals surface area contributed by atoms with Crippen LogP contribution < -0.4 is 9.13 Å². The summed E-state index contributed by atoms with van der Waals surface area (Å²) in [6.45, 7) is 0. The van der Waals surface area contributed by atoms with Gasteiger partial charge in [0.25, 0.3) is 10.2 Å². The molecule has 6 rings (SSSR count). The van der Waals surface area contributed by atoms with Crippen LogP contribution in [0.25, 0.3) is 54.7 Å². The van der Waals surface area contributed by atoms with Crippen LogP contribution in [-0.4, -0.2) is 20.6 Å². The average Bonchev–Trinajstić information content (AvgIpc) is 2.90. The van der Waals surface area contributed by atoms with Gasteiger partial charge in [-0.2, -0.15) is 9.13 Å². The van der Waals surface area contributed by atoms with Crippen molar-refractivity contribution in [3.05, 3.63) is 117 Å². The van der Waals surface area contributed by atoms with E-state index in [-0.39, 0.29) is 0 Å². The van der Waals surface area contributed by atoms with Crippen molar-refractivity contribution in [3.63, 3.8) is 0 Å². The zero-order valence-electron chi connectivity index (χ0n) is 20.6. The molecule has 0 radical (unpaired) electrons. The lowest BCUT2D eigenvalue weighted by Crippen LogP contribution is -2.31. The van der Waals surface area contributed by atoms with Crippen LogP contribution in [0.2, 0.25) is 0 Å². The van der Waals surface area contributed by atoms with Gasteiger partial charge in [0.1, 0.15) is 14.1 Å². The maximum Gasteiger partial charge on any atom is 0.291 e. The van der Waals surface area contributed by atoms with E-state index in [0.29, 0.717) is 0 Å². The van der Waals surface area contributed by atoms with Gasteiger partial charge in [0.15, 0.2) is 0 Å². The maximum atomic E-state index is 8.36. The number of hydrogen-bond acceptors (Lipinski definition) is 4. The van der Waals surface area contributed by atoms with E-state index >= 15 is 0 Å². The SMILES string of the molecule is C[n+]1c2ccccc2c(-c2c3ccccc3[n+](C)c3ccccc23)c2ccccc21.O=[N+]([O-])O.O=[N+]([O-])O. The van der Waals surface area contributed by atoms with E-state index in [1.165, 1.54) is 54.7 Å². The number of nitrogens with zero attached hydrogens (tertiary/aromatic N) is 4. The van der Waals surface area contributed by atoms with E-state index in [0.717, 1.165) is 0 Å². The van der Waals surface area contributed by atoms with Crippen LogP contribution in [0.15, 0.2) is 97.1 Å². The fourth-order valence-corrected chi connectivity index (χ4v) is 5.00. The molecule has 38 heavy (non-hydrogen) atoms. The van der Waals surface area contributed by atoms with E-state index in [4.69, 9.17) is 30.6 Å². The first-order chi connectivity index (χ1) is 18.2. The van der Waals surface area contributed by atoms with Crippen LogP contribution in [0, 0.1) is 20.2 Å². The molecule has 0 bridgehead atoms. The monoisotopic (exact) mass is 512 g/mol. The molecule has 6 aromatic rings.